The Hall–Kier alpha value is -6.45. The van der Waals surface area contributed by atoms with E-state index in [4.69, 9.17) is 49.4 Å². The van der Waals surface area contributed by atoms with Crippen molar-refractivity contribution in [1.29, 1.82) is 16.2 Å². The molecule has 21 N–H and O–H groups in total. The molecule has 0 spiro atoms. The molecule has 0 heterocycles. The Bertz CT molecular complexity index is 442. The zero-order valence-corrected chi connectivity index (χ0v) is 26.6. The average molecular weight is 633 g/mol. The summed E-state index contributed by atoms with van der Waals surface area (Å²) in [5, 5.41) is 31.0. The summed E-state index contributed by atoms with van der Waals surface area (Å²) in [7, 11) is 4.50. The predicted octanol–water partition coefficient (Wildman–Crippen LogP) is 4.01. The van der Waals surface area contributed by atoms with Crippen LogP contribution in [-0.4, -0.2) is 41.3 Å². The Balaban J connectivity index is -0.0000000152. The van der Waals surface area contributed by atoms with Crippen LogP contribution in [-0.2, 0) is 0 Å². The van der Waals surface area contributed by atoms with Gasteiger partial charge in [-0.2, -0.15) is 29.5 Å². The minimum Gasteiger partial charge on any atom is -0.333 e. The molecule has 0 saturated carbocycles. The molecule has 0 unspecified atom stereocenters. The van der Waals surface area contributed by atoms with Crippen LogP contribution in [0.2, 0.25) is 0 Å². The van der Waals surface area contributed by atoms with Crippen LogP contribution in [0.15, 0.2) is 31.3 Å². The van der Waals surface area contributed by atoms with Crippen LogP contribution in [0.4, 0.5) is 0 Å². The van der Waals surface area contributed by atoms with E-state index in [1.807, 2.05) is 27.7 Å². The van der Waals surface area contributed by atoms with Crippen molar-refractivity contribution in [2.45, 2.75) is 48.0 Å². The van der Waals surface area contributed by atoms with Crippen LogP contribution < -0.4 is 52.3 Å². The van der Waals surface area contributed by atoms with Gasteiger partial charge in [-0.3, -0.25) is 35.1 Å². The molecule has 0 aliphatic heterocycles. The van der Waals surface area contributed by atoms with Gasteiger partial charge in [-0.05, 0) is 72.6 Å². The standard InChI is InChI=1S/C3H8.2C2H6.3CH5N.3CH3N.6H2N4/c1-3-2;8*1-2;6*1-3-4-2/h3H2,1-2H3;2*1-2H3;3*2H2,1H3;3*2H,1H2;6*1H2. The first-order chi connectivity index (χ1) is 20.9. The van der Waals surface area contributed by atoms with Crippen LogP contribution in [0.3, 0.4) is 0 Å². The molecule has 30 heteroatoms. The summed E-state index contributed by atoms with van der Waals surface area (Å²) in [6.07, 6.45) is 1.25. The molecule has 0 aromatic carbocycles. The fourth-order valence-electron chi connectivity index (χ4n) is 0. The summed E-state index contributed by atoms with van der Waals surface area (Å²) >= 11 is 0. The maximum Gasteiger partial charge on any atom is -0.0187 e. The number of azide groups is 6. The van der Waals surface area contributed by atoms with Crippen LogP contribution in [0.25, 0.3) is 62.7 Å². The summed E-state index contributed by atoms with van der Waals surface area (Å²) < 4.78 is 0. The molecule has 0 rings (SSSR count). The monoisotopic (exact) mass is 633 g/mol. The normalized spacial score (nSPS) is 3.63. The molecule has 0 saturated heterocycles. The Kier molecular flexibility index (Phi) is 2290. The number of hydrogen-bond acceptors (Lipinski definition) is 12. The van der Waals surface area contributed by atoms with Gasteiger partial charge < -0.3 is 33.4 Å². The minimum absolute atomic E-state index is 1.25. The third-order valence-corrected chi connectivity index (χ3v) is 0.310. The van der Waals surface area contributed by atoms with E-state index in [0.717, 1.165) is 0 Å². The molecule has 0 fully saturated rings. The lowest BCUT2D eigenvalue weighted by atomic mass is 10.6. The van der Waals surface area contributed by atoms with Gasteiger partial charge in [-0.25, -0.2) is 0 Å². The first-order valence-electron chi connectivity index (χ1n) is 10.2. The zero-order chi connectivity index (χ0) is 39.2. The Labute approximate surface area is 252 Å². The van der Waals surface area contributed by atoms with Gasteiger partial charge in [0.1, 0.15) is 0 Å². The summed E-state index contributed by atoms with van der Waals surface area (Å²) in [5.74, 6) is 25.4. The van der Waals surface area contributed by atoms with Gasteiger partial charge >= 0.3 is 0 Å². The van der Waals surface area contributed by atoms with Crippen LogP contribution in [0.5, 0.6) is 0 Å². The van der Waals surface area contributed by atoms with Gasteiger partial charge in [0.05, 0.1) is 0 Å². The summed E-state index contributed by atoms with van der Waals surface area (Å²) in [4.78, 5) is 12.8. The second-order valence-corrected chi connectivity index (χ2v) is 1.94. The van der Waals surface area contributed by atoms with E-state index < -0.39 is 0 Å². The maximum atomic E-state index is 7.21. The van der Waals surface area contributed by atoms with E-state index in [-0.39, 0.29) is 0 Å². The van der Waals surface area contributed by atoms with E-state index >= 15 is 0 Å². The smallest absolute Gasteiger partial charge is 0.0187 e. The SMILES string of the molecule is C=N.C=N.C=N.CC.CC.CCC.CN.CN.CN.[N-]=[N+]=NN.[N-]=[N+]=NN.[N-]=[N+]=NN.[N-]=[N+]=NN.[N-]=[N+]=NN.[N-]=[N+]=NN. The molecule has 0 aromatic heterocycles. The molecule has 0 aliphatic carbocycles. The van der Waals surface area contributed by atoms with Crippen molar-refractivity contribution in [1.82, 2.24) is 0 Å². The number of rotatable bonds is 0. The molecular formula is C13H56N30. The number of nitrogens with zero attached hydrogens (tertiary/aromatic N) is 18. The predicted molar refractivity (Wildman–Crippen MR) is 179 cm³/mol. The highest BCUT2D eigenvalue weighted by Gasteiger charge is 1.35. The molecule has 0 aromatic rings. The third-order valence-electron chi connectivity index (χ3n) is 0.310. The van der Waals surface area contributed by atoms with Gasteiger partial charge in [0, 0.05) is 0 Å². The lowest BCUT2D eigenvalue weighted by molar-refractivity contribution is 1.09. The second kappa shape index (κ2) is 989. The maximum absolute atomic E-state index is 7.21. The van der Waals surface area contributed by atoms with E-state index in [0.29, 0.717) is 0 Å². The fraction of sp³-hybridized carbons (Fsp3) is 0.769. The molecule has 0 aliphatic rings. The lowest BCUT2D eigenvalue weighted by Crippen LogP contribution is -1.69. The zero-order valence-electron chi connectivity index (χ0n) is 26.6. The average Bonchev–Trinajstić information content (AvgIpc) is 3.15. The highest BCUT2D eigenvalue weighted by molar-refractivity contribution is 5.16. The topological polar surface area (TPSA) is 598 Å². The highest BCUT2D eigenvalue weighted by Crippen LogP contribution is 1.56. The summed E-state index contributed by atoms with van der Waals surface area (Å²) in [6, 6.07) is 0. The van der Waals surface area contributed by atoms with Crippen molar-refractivity contribution in [2.24, 2.45) is 83.6 Å². The second-order valence-electron chi connectivity index (χ2n) is 1.94. The van der Waals surface area contributed by atoms with Crippen molar-refractivity contribution < 1.29 is 0 Å². The van der Waals surface area contributed by atoms with Gasteiger partial charge in [0.25, 0.3) is 0 Å². The molecule has 0 bridgehead atoms. The first kappa shape index (κ1) is 99.5. The van der Waals surface area contributed by atoms with E-state index in [9.17, 15) is 0 Å². The Morgan fingerprint density at radius 2 is 0.419 bits per heavy atom. The fourth-order valence-corrected chi connectivity index (χ4v) is 0. The highest BCUT2D eigenvalue weighted by atomic mass is 15.3. The van der Waals surface area contributed by atoms with Gasteiger partial charge in [-0.1, -0.05) is 48.0 Å². The first-order valence-corrected chi connectivity index (χ1v) is 10.2. The Morgan fingerprint density at radius 3 is 0.419 bits per heavy atom. The van der Waals surface area contributed by atoms with E-state index in [1.165, 1.54) is 27.6 Å². The molecule has 0 atom stereocenters. The van der Waals surface area contributed by atoms with Crippen molar-refractivity contribution >= 4 is 20.2 Å². The summed E-state index contributed by atoms with van der Waals surface area (Å²) in [5.41, 5.74) is 56.8. The number of nitrogens with one attached hydrogen (secondary N) is 3. The van der Waals surface area contributed by atoms with E-state index in [2.05, 4.69) is 147 Å². The molecule has 258 valence electrons. The van der Waals surface area contributed by atoms with Gasteiger partial charge in [0.2, 0.25) is 0 Å². The van der Waals surface area contributed by atoms with Crippen molar-refractivity contribution in [2.75, 3.05) is 21.1 Å². The molecule has 0 radical (unpaired) electrons. The minimum atomic E-state index is 1.25. The molecule has 0 amide bonds. The molecule has 43 heavy (non-hydrogen) atoms. The third kappa shape index (κ3) is 198000. The molecule has 30 nitrogen and oxygen atoms in total. The van der Waals surface area contributed by atoms with Crippen LogP contribution in [0.1, 0.15) is 48.0 Å². The van der Waals surface area contributed by atoms with Crippen molar-refractivity contribution in [3.63, 3.8) is 0 Å². The summed E-state index contributed by atoms with van der Waals surface area (Å²) in [6.45, 7) is 19.8. The van der Waals surface area contributed by atoms with Crippen molar-refractivity contribution in [3.05, 3.63) is 62.7 Å². The van der Waals surface area contributed by atoms with Crippen LogP contribution in [0, 0.1) is 16.2 Å². The lowest BCUT2D eigenvalue weighted by Gasteiger charge is -1.48. The Morgan fingerprint density at radius 1 is 0.395 bits per heavy atom. The van der Waals surface area contributed by atoms with E-state index in [1.54, 1.807) is 0 Å². The van der Waals surface area contributed by atoms with Gasteiger partial charge in [-0.15, -0.1) is 33.2 Å². The number of hydrogen-bond donors (Lipinski definition) is 12. The molecular weight excluding hydrogens is 576 g/mol. The number of nitrogens with two attached hydrogens (primary N) is 9. The van der Waals surface area contributed by atoms with Gasteiger partial charge in [0.15, 0.2) is 0 Å². The van der Waals surface area contributed by atoms with Crippen LogP contribution >= 0.6 is 0 Å². The van der Waals surface area contributed by atoms with Crippen molar-refractivity contribution in [3.8, 4) is 0 Å². The quantitative estimate of drug-likeness (QED) is 0.0457. The largest absolute Gasteiger partial charge is 0.333 e.